The molecule has 2 aliphatic rings. The van der Waals surface area contributed by atoms with E-state index in [0.29, 0.717) is 12.1 Å². The van der Waals surface area contributed by atoms with Crippen molar-refractivity contribution < 1.29 is 24.3 Å². The summed E-state index contributed by atoms with van der Waals surface area (Å²) in [6.07, 6.45) is 4.95. The van der Waals surface area contributed by atoms with Crippen LogP contribution in [0, 0.1) is 12.3 Å². The number of rotatable bonds is 5. The molecule has 26 heavy (non-hydrogen) atoms. The molecule has 1 fully saturated rings. The summed E-state index contributed by atoms with van der Waals surface area (Å²) in [4.78, 5) is 49.8. The van der Waals surface area contributed by atoms with E-state index >= 15 is 0 Å². The van der Waals surface area contributed by atoms with Gasteiger partial charge in [-0.2, -0.15) is 0 Å². The van der Waals surface area contributed by atoms with Crippen LogP contribution < -0.4 is 10.6 Å². The highest BCUT2D eigenvalue weighted by Crippen LogP contribution is 2.32. The number of carbonyl (C=O) groups excluding carboxylic acids is 4. The summed E-state index contributed by atoms with van der Waals surface area (Å²) in [6.45, 7) is 0. The molecular formula is C18H17N3O5. The monoisotopic (exact) mass is 355 g/mol. The van der Waals surface area contributed by atoms with Crippen molar-refractivity contribution in [3.05, 3.63) is 29.3 Å². The molecule has 134 valence electrons. The molecular weight excluding hydrogens is 338 g/mol. The Morgan fingerprint density at radius 2 is 2.08 bits per heavy atom. The summed E-state index contributed by atoms with van der Waals surface area (Å²) in [5, 5.41) is 14.9. The second-order valence-electron chi connectivity index (χ2n) is 6.08. The first kappa shape index (κ1) is 17.6. The van der Waals surface area contributed by atoms with Gasteiger partial charge in [0.25, 0.3) is 11.8 Å². The highest BCUT2D eigenvalue weighted by molar-refractivity contribution is 6.25. The predicted octanol–water partition coefficient (Wildman–Crippen LogP) is 0.231. The fraction of sp³-hybridized carbons (Fsp3) is 0.333. The predicted molar refractivity (Wildman–Crippen MR) is 90.8 cm³/mol. The van der Waals surface area contributed by atoms with Gasteiger partial charge in [0.05, 0.1) is 11.1 Å². The molecule has 0 radical (unpaired) electrons. The Labute approximate surface area is 149 Å². The fourth-order valence-corrected chi connectivity index (χ4v) is 3.11. The molecule has 0 aromatic heterocycles. The highest BCUT2D eigenvalue weighted by atomic mass is 16.3. The molecule has 8 heteroatoms. The Morgan fingerprint density at radius 1 is 1.31 bits per heavy atom. The number of benzene rings is 1. The molecule has 1 aromatic carbocycles. The van der Waals surface area contributed by atoms with Crippen molar-refractivity contribution in [2.24, 2.45) is 0 Å². The summed E-state index contributed by atoms with van der Waals surface area (Å²) in [6, 6.07) is 3.60. The van der Waals surface area contributed by atoms with Crippen LogP contribution in [0.5, 0.6) is 0 Å². The molecule has 2 unspecified atom stereocenters. The minimum Gasteiger partial charge on any atom is -0.374 e. The Morgan fingerprint density at radius 3 is 2.77 bits per heavy atom. The van der Waals surface area contributed by atoms with E-state index in [4.69, 9.17) is 6.42 Å². The third-order valence-electron chi connectivity index (χ3n) is 4.35. The number of nitrogens with one attached hydrogen (secondary N) is 2. The van der Waals surface area contributed by atoms with Gasteiger partial charge in [-0.3, -0.25) is 29.4 Å². The van der Waals surface area contributed by atoms with Crippen LogP contribution in [0.25, 0.3) is 0 Å². The van der Waals surface area contributed by atoms with Gasteiger partial charge in [-0.25, -0.2) is 0 Å². The van der Waals surface area contributed by atoms with Crippen LogP contribution in [0.3, 0.4) is 0 Å². The van der Waals surface area contributed by atoms with Crippen molar-refractivity contribution in [3.8, 4) is 12.3 Å². The zero-order chi connectivity index (χ0) is 18.8. The average Bonchev–Trinajstić information content (AvgIpc) is 2.85. The van der Waals surface area contributed by atoms with Crippen LogP contribution in [-0.2, 0) is 9.59 Å². The third kappa shape index (κ3) is 3.05. The standard InChI is InChI=1S/C18H17N3O5/c1-2-3-7-13(22)19-11-6-4-5-10-15(11)18(26)21(17(10)25)12-8-9-14(23)20-16(12)24/h1,4-6,12-13,19,22H,3,7-9H2,(H,20,23,24). The lowest BCUT2D eigenvalue weighted by molar-refractivity contribution is -0.136. The number of imide groups is 2. The zero-order valence-corrected chi connectivity index (χ0v) is 13.8. The Hall–Kier alpha value is -3.18. The van der Waals surface area contributed by atoms with Gasteiger partial charge >= 0.3 is 0 Å². The molecule has 4 amide bonds. The smallest absolute Gasteiger partial charge is 0.264 e. The zero-order valence-electron chi connectivity index (χ0n) is 13.8. The summed E-state index contributed by atoms with van der Waals surface area (Å²) in [5.74, 6) is 0.0850. The molecule has 2 aliphatic heterocycles. The first-order chi connectivity index (χ1) is 12.4. The van der Waals surface area contributed by atoms with E-state index in [9.17, 15) is 24.3 Å². The van der Waals surface area contributed by atoms with E-state index in [1.807, 2.05) is 0 Å². The molecule has 0 spiro atoms. The number of aliphatic hydroxyl groups excluding tert-OH is 1. The first-order valence-electron chi connectivity index (χ1n) is 8.16. The summed E-state index contributed by atoms with van der Waals surface area (Å²) in [5.41, 5.74) is 0.538. The van der Waals surface area contributed by atoms with Gasteiger partial charge in [0.1, 0.15) is 12.3 Å². The Bertz CT molecular complexity index is 842. The maximum Gasteiger partial charge on any atom is 0.264 e. The maximum atomic E-state index is 12.8. The second-order valence-corrected chi connectivity index (χ2v) is 6.08. The van der Waals surface area contributed by atoms with E-state index in [0.717, 1.165) is 4.90 Å². The van der Waals surface area contributed by atoms with Crippen LogP contribution in [0.4, 0.5) is 5.69 Å². The average molecular weight is 355 g/mol. The highest BCUT2D eigenvalue weighted by Gasteiger charge is 2.45. The number of amides is 4. The van der Waals surface area contributed by atoms with Crippen LogP contribution in [-0.4, -0.2) is 45.9 Å². The van der Waals surface area contributed by atoms with E-state index in [-0.39, 0.29) is 30.4 Å². The number of carbonyl (C=O) groups is 4. The molecule has 0 saturated carbocycles. The number of hydrogen-bond donors (Lipinski definition) is 3. The number of fused-ring (bicyclic) bond motifs is 1. The van der Waals surface area contributed by atoms with Crippen LogP contribution >= 0.6 is 0 Å². The normalized spacial score (nSPS) is 20.5. The van der Waals surface area contributed by atoms with Crippen LogP contribution in [0.2, 0.25) is 0 Å². The van der Waals surface area contributed by atoms with Crippen LogP contribution in [0.1, 0.15) is 46.4 Å². The lowest BCUT2D eigenvalue weighted by Crippen LogP contribution is -2.54. The van der Waals surface area contributed by atoms with Crippen molar-refractivity contribution in [1.29, 1.82) is 0 Å². The number of terminal acetylenes is 1. The number of aliphatic hydroxyl groups is 1. The second kappa shape index (κ2) is 6.98. The lowest BCUT2D eigenvalue weighted by Gasteiger charge is -2.27. The first-order valence-corrected chi connectivity index (χ1v) is 8.16. The van der Waals surface area contributed by atoms with Crippen molar-refractivity contribution in [1.82, 2.24) is 10.2 Å². The molecule has 0 bridgehead atoms. The van der Waals surface area contributed by atoms with Gasteiger partial charge in [-0.1, -0.05) is 6.07 Å². The third-order valence-corrected chi connectivity index (χ3v) is 4.35. The number of piperidine rings is 1. The number of hydrogen-bond acceptors (Lipinski definition) is 6. The van der Waals surface area contributed by atoms with Gasteiger partial charge in [0.15, 0.2) is 0 Å². The van der Waals surface area contributed by atoms with Gasteiger partial charge in [-0.15, -0.1) is 12.3 Å². The maximum absolute atomic E-state index is 12.8. The molecule has 2 atom stereocenters. The van der Waals surface area contributed by atoms with Gasteiger partial charge in [-0.05, 0) is 18.6 Å². The van der Waals surface area contributed by atoms with E-state index in [1.165, 1.54) is 6.07 Å². The van der Waals surface area contributed by atoms with Crippen molar-refractivity contribution in [3.63, 3.8) is 0 Å². The largest absolute Gasteiger partial charge is 0.374 e. The lowest BCUT2D eigenvalue weighted by atomic mass is 10.0. The summed E-state index contributed by atoms with van der Waals surface area (Å²) in [7, 11) is 0. The van der Waals surface area contributed by atoms with Crippen molar-refractivity contribution in [2.45, 2.75) is 38.0 Å². The molecule has 3 rings (SSSR count). The topological polar surface area (TPSA) is 116 Å². The number of anilines is 1. The Kier molecular flexibility index (Phi) is 4.73. The molecule has 1 aromatic rings. The molecule has 0 aliphatic carbocycles. The van der Waals surface area contributed by atoms with Gasteiger partial charge in [0.2, 0.25) is 11.8 Å². The van der Waals surface area contributed by atoms with Crippen molar-refractivity contribution in [2.75, 3.05) is 5.32 Å². The van der Waals surface area contributed by atoms with Gasteiger partial charge < -0.3 is 10.4 Å². The summed E-state index contributed by atoms with van der Waals surface area (Å²) >= 11 is 0. The molecule has 1 saturated heterocycles. The van der Waals surface area contributed by atoms with E-state index < -0.39 is 35.9 Å². The van der Waals surface area contributed by atoms with Crippen molar-refractivity contribution >= 4 is 29.3 Å². The number of nitrogens with zero attached hydrogens (tertiary/aromatic N) is 1. The minimum absolute atomic E-state index is 0.0553. The molecule has 2 heterocycles. The molecule has 3 N–H and O–H groups in total. The SMILES string of the molecule is C#CCCC(O)Nc1cccc2c1C(=O)N(C1CCC(=O)NC1=O)C2=O. The Balaban J connectivity index is 1.88. The fourth-order valence-electron chi connectivity index (χ4n) is 3.11. The summed E-state index contributed by atoms with van der Waals surface area (Å²) < 4.78 is 0. The van der Waals surface area contributed by atoms with Crippen LogP contribution in [0.15, 0.2) is 18.2 Å². The van der Waals surface area contributed by atoms with E-state index in [1.54, 1.807) is 12.1 Å². The van der Waals surface area contributed by atoms with E-state index in [2.05, 4.69) is 16.6 Å². The minimum atomic E-state index is -1.03. The van der Waals surface area contributed by atoms with Gasteiger partial charge in [0, 0.05) is 24.9 Å². The molecule has 8 nitrogen and oxygen atoms in total. The quantitative estimate of drug-likeness (QED) is 0.396.